The Hall–Kier alpha value is -2.21. The molecule has 0 aliphatic carbocycles. The number of imide groups is 1. The smallest absolute Gasteiger partial charge is 0.249 e. The van der Waals surface area contributed by atoms with E-state index < -0.39 is 0 Å². The first-order valence-electron chi connectivity index (χ1n) is 8.05. The number of aromatic nitrogens is 2. The molecule has 0 atom stereocenters. The number of nitrogens with zero attached hydrogens (tertiary/aromatic N) is 3. The lowest BCUT2D eigenvalue weighted by atomic mass is 10.2. The third-order valence-corrected chi connectivity index (χ3v) is 4.33. The first-order valence-corrected chi connectivity index (χ1v) is 8.43. The molecule has 0 unspecified atom stereocenters. The van der Waals surface area contributed by atoms with Gasteiger partial charge in [-0.05, 0) is 25.0 Å². The zero-order chi connectivity index (χ0) is 16.9. The van der Waals surface area contributed by atoms with Crippen molar-refractivity contribution in [1.29, 1.82) is 0 Å². The van der Waals surface area contributed by atoms with Crippen LogP contribution in [-0.4, -0.2) is 33.5 Å². The summed E-state index contributed by atoms with van der Waals surface area (Å²) < 4.78 is 5.64. The van der Waals surface area contributed by atoms with Crippen LogP contribution in [0, 0.1) is 0 Å². The Balaban J connectivity index is 1.44. The molecule has 0 N–H and O–H groups in total. The van der Waals surface area contributed by atoms with Crippen LogP contribution in [0.25, 0.3) is 11.5 Å². The van der Waals surface area contributed by atoms with Crippen LogP contribution in [0.15, 0.2) is 28.7 Å². The molecular formula is C17H18ClN3O3. The molecule has 0 bridgehead atoms. The van der Waals surface area contributed by atoms with Crippen molar-refractivity contribution >= 4 is 23.4 Å². The molecule has 2 amide bonds. The fourth-order valence-corrected chi connectivity index (χ4v) is 2.91. The summed E-state index contributed by atoms with van der Waals surface area (Å²) in [4.78, 5) is 24.4. The van der Waals surface area contributed by atoms with Crippen LogP contribution in [0.5, 0.6) is 0 Å². The third-order valence-electron chi connectivity index (χ3n) is 4.00. The Morgan fingerprint density at radius 2 is 1.79 bits per heavy atom. The Morgan fingerprint density at radius 1 is 1.04 bits per heavy atom. The predicted octanol–water partition coefficient (Wildman–Crippen LogP) is 3.25. The van der Waals surface area contributed by atoms with Gasteiger partial charge in [-0.3, -0.25) is 14.5 Å². The number of rotatable bonds is 7. The van der Waals surface area contributed by atoms with Crippen molar-refractivity contribution in [2.45, 2.75) is 38.5 Å². The molecule has 7 heteroatoms. The van der Waals surface area contributed by atoms with Crippen LogP contribution in [0.4, 0.5) is 0 Å². The minimum absolute atomic E-state index is 0.0544. The highest BCUT2D eigenvalue weighted by Crippen LogP contribution is 2.26. The maximum absolute atomic E-state index is 11.5. The van der Waals surface area contributed by atoms with Crippen LogP contribution in [0.1, 0.15) is 38.0 Å². The van der Waals surface area contributed by atoms with E-state index in [0.717, 1.165) is 24.8 Å². The van der Waals surface area contributed by atoms with E-state index in [9.17, 15) is 9.59 Å². The van der Waals surface area contributed by atoms with Crippen molar-refractivity contribution in [2.24, 2.45) is 0 Å². The van der Waals surface area contributed by atoms with E-state index in [2.05, 4.69) is 10.2 Å². The van der Waals surface area contributed by atoms with E-state index in [4.69, 9.17) is 16.0 Å². The summed E-state index contributed by atoms with van der Waals surface area (Å²) in [5.74, 6) is 0.879. The van der Waals surface area contributed by atoms with Gasteiger partial charge in [-0.2, -0.15) is 0 Å². The van der Waals surface area contributed by atoms with Crippen LogP contribution in [0.2, 0.25) is 5.02 Å². The van der Waals surface area contributed by atoms with Gasteiger partial charge in [-0.15, -0.1) is 10.2 Å². The van der Waals surface area contributed by atoms with E-state index >= 15 is 0 Å². The monoisotopic (exact) mass is 347 g/mol. The Bertz CT molecular complexity index is 728. The molecule has 0 spiro atoms. The van der Waals surface area contributed by atoms with Crippen molar-refractivity contribution in [3.8, 4) is 11.5 Å². The number of halogens is 1. The maximum atomic E-state index is 11.5. The normalized spacial score (nSPS) is 14.6. The van der Waals surface area contributed by atoms with E-state index in [1.54, 1.807) is 6.07 Å². The first kappa shape index (κ1) is 16.6. The summed E-state index contributed by atoms with van der Waals surface area (Å²) in [6.07, 6.45) is 3.92. The van der Waals surface area contributed by atoms with Gasteiger partial charge in [0.15, 0.2) is 0 Å². The minimum Gasteiger partial charge on any atom is -0.421 e. The molecule has 6 nitrogen and oxygen atoms in total. The van der Waals surface area contributed by atoms with Crippen LogP contribution in [0.3, 0.4) is 0 Å². The summed E-state index contributed by atoms with van der Waals surface area (Å²) >= 11 is 6.11. The second-order valence-electron chi connectivity index (χ2n) is 5.73. The van der Waals surface area contributed by atoms with E-state index in [1.807, 2.05) is 18.2 Å². The second-order valence-corrected chi connectivity index (χ2v) is 6.14. The lowest BCUT2D eigenvalue weighted by Crippen LogP contribution is -2.29. The molecule has 2 aromatic rings. The predicted molar refractivity (Wildman–Crippen MR) is 88.3 cm³/mol. The number of aryl methyl sites for hydroxylation is 1. The van der Waals surface area contributed by atoms with Gasteiger partial charge in [0.25, 0.3) is 0 Å². The molecule has 0 radical (unpaired) electrons. The van der Waals surface area contributed by atoms with Gasteiger partial charge in [0.1, 0.15) is 0 Å². The summed E-state index contributed by atoms with van der Waals surface area (Å²) in [5.41, 5.74) is 0.726. The van der Waals surface area contributed by atoms with Gasteiger partial charge in [0.05, 0.1) is 10.6 Å². The van der Waals surface area contributed by atoms with Gasteiger partial charge in [-0.1, -0.05) is 30.2 Å². The fraction of sp³-hybridized carbons (Fsp3) is 0.412. The number of amides is 2. The molecule has 1 aromatic heterocycles. The molecule has 126 valence electrons. The molecule has 1 aromatic carbocycles. The second kappa shape index (κ2) is 7.57. The number of benzene rings is 1. The third kappa shape index (κ3) is 3.82. The maximum Gasteiger partial charge on any atom is 0.249 e. The number of hydrogen-bond acceptors (Lipinski definition) is 5. The number of carbonyl (C=O) groups is 2. The summed E-state index contributed by atoms with van der Waals surface area (Å²) in [6.45, 7) is 0.506. The quantitative estimate of drug-likeness (QED) is 0.567. The molecule has 1 saturated heterocycles. The Kier molecular flexibility index (Phi) is 5.25. The van der Waals surface area contributed by atoms with Crippen molar-refractivity contribution < 1.29 is 14.0 Å². The van der Waals surface area contributed by atoms with Gasteiger partial charge >= 0.3 is 0 Å². The summed E-state index contributed by atoms with van der Waals surface area (Å²) in [6, 6.07) is 7.33. The van der Waals surface area contributed by atoms with Gasteiger partial charge < -0.3 is 4.42 Å². The standard InChI is InChI=1S/C17H18ClN3O3/c18-13-7-4-3-6-12(13)17-20-19-14(24-17)8-2-1-5-11-21-15(22)9-10-16(21)23/h3-4,6-7H,1-2,5,8-11H2. The number of likely N-dealkylation sites (tertiary alicyclic amines) is 1. The largest absolute Gasteiger partial charge is 0.421 e. The van der Waals surface area contributed by atoms with Gasteiger partial charge in [0.2, 0.25) is 23.6 Å². The van der Waals surface area contributed by atoms with Crippen molar-refractivity contribution in [3.05, 3.63) is 35.2 Å². The minimum atomic E-state index is -0.0544. The summed E-state index contributed by atoms with van der Waals surface area (Å²) in [7, 11) is 0. The highest BCUT2D eigenvalue weighted by Gasteiger charge is 2.27. The number of carbonyl (C=O) groups excluding carboxylic acids is 2. The lowest BCUT2D eigenvalue weighted by Gasteiger charge is -2.12. The molecule has 1 aliphatic heterocycles. The van der Waals surface area contributed by atoms with Crippen molar-refractivity contribution in [2.75, 3.05) is 6.54 Å². The molecular weight excluding hydrogens is 330 g/mol. The van der Waals surface area contributed by atoms with Crippen molar-refractivity contribution in [1.82, 2.24) is 15.1 Å². The van der Waals surface area contributed by atoms with E-state index in [1.165, 1.54) is 4.90 Å². The fourth-order valence-electron chi connectivity index (χ4n) is 2.69. The highest BCUT2D eigenvalue weighted by molar-refractivity contribution is 6.33. The Labute approximate surface area is 144 Å². The zero-order valence-electron chi connectivity index (χ0n) is 13.2. The number of unbranched alkanes of at least 4 members (excludes halogenated alkanes) is 2. The molecule has 24 heavy (non-hydrogen) atoms. The van der Waals surface area contributed by atoms with Gasteiger partial charge in [-0.25, -0.2) is 0 Å². The average molecular weight is 348 g/mol. The van der Waals surface area contributed by atoms with E-state index in [-0.39, 0.29) is 11.8 Å². The number of hydrogen-bond donors (Lipinski definition) is 0. The summed E-state index contributed by atoms with van der Waals surface area (Å²) in [5, 5.41) is 8.65. The highest BCUT2D eigenvalue weighted by atomic mass is 35.5. The van der Waals surface area contributed by atoms with Crippen LogP contribution in [-0.2, 0) is 16.0 Å². The lowest BCUT2D eigenvalue weighted by molar-refractivity contribution is -0.138. The first-order chi connectivity index (χ1) is 11.6. The van der Waals surface area contributed by atoms with Crippen LogP contribution >= 0.6 is 11.6 Å². The zero-order valence-corrected chi connectivity index (χ0v) is 14.0. The molecule has 0 saturated carbocycles. The molecule has 1 fully saturated rings. The van der Waals surface area contributed by atoms with Crippen LogP contribution < -0.4 is 0 Å². The van der Waals surface area contributed by atoms with Gasteiger partial charge in [0, 0.05) is 25.8 Å². The average Bonchev–Trinajstić information content (AvgIpc) is 3.16. The van der Waals surface area contributed by atoms with Crippen molar-refractivity contribution in [3.63, 3.8) is 0 Å². The Morgan fingerprint density at radius 3 is 2.54 bits per heavy atom. The topological polar surface area (TPSA) is 76.3 Å². The molecule has 2 heterocycles. The molecule has 1 aliphatic rings. The van der Waals surface area contributed by atoms with E-state index in [0.29, 0.717) is 42.6 Å². The SMILES string of the molecule is O=C1CCC(=O)N1CCCCCc1nnc(-c2ccccc2Cl)o1. The molecule has 3 rings (SSSR count).